The topological polar surface area (TPSA) is 35.6 Å². The zero-order valence-corrected chi connectivity index (χ0v) is 14.4. The predicted octanol–water partition coefficient (Wildman–Crippen LogP) is 3.94. The Morgan fingerprint density at radius 2 is 1.56 bits per heavy atom. The maximum Gasteiger partial charge on any atom is 0.321 e. The summed E-state index contributed by atoms with van der Waals surface area (Å²) in [5, 5.41) is 2.61. The summed E-state index contributed by atoms with van der Waals surface area (Å²) in [7, 11) is 0. The Bertz CT molecular complexity index is 766. The summed E-state index contributed by atoms with van der Waals surface area (Å²) in [6.07, 6.45) is 0. The van der Waals surface area contributed by atoms with Gasteiger partial charge in [0, 0.05) is 43.6 Å². The van der Waals surface area contributed by atoms with Crippen LogP contribution >= 0.6 is 0 Å². The summed E-state index contributed by atoms with van der Waals surface area (Å²) in [6.45, 7) is 6.75. The Kier molecular flexibility index (Phi) is 4.88. The minimum Gasteiger partial charge on any atom is -0.368 e. The lowest BCUT2D eigenvalue weighted by atomic mass is 10.1. The van der Waals surface area contributed by atoms with Gasteiger partial charge in [0.25, 0.3) is 0 Å². The van der Waals surface area contributed by atoms with Crippen LogP contribution < -0.4 is 10.2 Å². The van der Waals surface area contributed by atoms with Crippen LogP contribution in [0.15, 0.2) is 36.4 Å². The first-order chi connectivity index (χ1) is 11.9. The SMILES string of the molecule is Cc1cc(C)cc(N2CCN(C(=O)Nc3ccc(F)c(F)c3)CC2)c1. The van der Waals surface area contributed by atoms with Crippen molar-refractivity contribution in [1.82, 2.24) is 4.90 Å². The van der Waals surface area contributed by atoms with E-state index in [4.69, 9.17) is 0 Å². The van der Waals surface area contributed by atoms with Gasteiger partial charge in [-0.2, -0.15) is 0 Å². The van der Waals surface area contributed by atoms with Crippen molar-refractivity contribution >= 4 is 17.4 Å². The maximum atomic E-state index is 13.2. The van der Waals surface area contributed by atoms with Crippen molar-refractivity contribution in [3.05, 3.63) is 59.2 Å². The molecule has 1 heterocycles. The van der Waals surface area contributed by atoms with Crippen molar-refractivity contribution in [2.45, 2.75) is 13.8 Å². The lowest BCUT2D eigenvalue weighted by molar-refractivity contribution is 0.208. The van der Waals surface area contributed by atoms with E-state index in [-0.39, 0.29) is 11.7 Å². The lowest BCUT2D eigenvalue weighted by Crippen LogP contribution is -2.50. The number of hydrogen-bond donors (Lipinski definition) is 1. The number of nitrogens with one attached hydrogen (secondary N) is 1. The van der Waals surface area contributed by atoms with E-state index in [0.717, 1.165) is 30.9 Å². The second-order valence-electron chi connectivity index (χ2n) is 6.38. The minimum atomic E-state index is -0.975. The van der Waals surface area contributed by atoms with Gasteiger partial charge in [0.1, 0.15) is 0 Å². The first-order valence-electron chi connectivity index (χ1n) is 8.26. The molecule has 1 aliphatic rings. The summed E-state index contributed by atoms with van der Waals surface area (Å²) in [4.78, 5) is 16.2. The molecular formula is C19H21F2N3O. The fourth-order valence-corrected chi connectivity index (χ4v) is 3.08. The second kappa shape index (κ2) is 7.09. The van der Waals surface area contributed by atoms with E-state index in [9.17, 15) is 13.6 Å². The Labute approximate surface area is 146 Å². The third-order valence-corrected chi connectivity index (χ3v) is 4.31. The number of urea groups is 1. The van der Waals surface area contributed by atoms with Crippen molar-refractivity contribution in [3.8, 4) is 0 Å². The highest BCUT2D eigenvalue weighted by atomic mass is 19.2. The normalized spacial score (nSPS) is 14.6. The maximum absolute atomic E-state index is 13.2. The average molecular weight is 345 g/mol. The smallest absolute Gasteiger partial charge is 0.321 e. The average Bonchev–Trinajstić information content (AvgIpc) is 2.57. The number of carbonyl (C=O) groups excluding carboxylic acids is 1. The van der Waals surface area contributed by atoms with Crippen molar-refractivity contribution in [2.24, 2.45) is 0 Å². The zero-order valence-electron chi connectivity index (χ0n) is 14.4. The number of rotatable bonds is 2. The molecule has 25 heavy (non-hydrogen) atoms. The van der Waals surface area contributed by atoms with Gasteiger partial charge >= 0.3 is 6.03 Å². The zero-order chi connectivity index (χ0) is 18.0. The molecule has 0 spiro atoms. The molecule has 0 unspecified atom stereocenters. The molecule has 2 amide bonds. The molecule has 1 fully saturated rings. The second-order valence-corrected chi connectivity index (χ2v) is 6.38. The molecule has 6 heteroatoms. The first kappa shape index (κ1) is 17.2. The first-order valence-corrected chi connectivity index (χ1v) is 8.26. The van der Waals surface area contributed by atoms with Crippen LogP contribution in [0, 0.1) is 25.5 Å². The quantitative estimate of drug-likeness (QED) is 0.895. The van der Waals surface area contributed by atoms with E-state index in [1.54, 1.807) is 4.90 Å². The van der Waals surface area contributed by atoms with Crippen LogP contribution in [0.1, 0.15) is 11.1 Å². The molecule has 3 rings (SSSR count). The van der Waals surface area contributed by atoms with Gasteiger partial charge in [-0.15, -0.1) is 0 Å². The van der Waals surface area contributed by atoms with E-state index in [2.05, 4.69) is 42.3 Å². The molecule has 0 atom stereocenters. The molecule has 1 N–H and O–H groups in total. The molecule has 0 radical (unpaired) electrons. The number of hydrogen-bond acceptors (Lipinski definition) is 2. The van der Waals surface area contributed by atoms with Gasteiger partial charge in [-0.1, -0.05) is 6.07 Å². The molecule has 1 saturated heterocycles. The van der Waals surface area contributed by atoms with Crippen LogP contribution in [0.25, 0.3) is 0 Å². The fraction of sp³-hybridized carbons (Fsp3) is 0.316. The van der Waals surface area contributed by atoms with Gasteiger partial charge in [0.2, 0.25) is 0 Å². The van der Waals surface area contributed by atoms with Gasteiger partial charge in [0.15, 0.2) is 11.6 Å². The van der Waals surface area contributed by atoms with E-state index < -0.39 is 11.6 Å². The summed E-state index contributed by atoms with van der Waals surface area (Å²) in [5.41, 5.74) is 3.85. The van der Waals surface area contributed by atoms with E-state index in [1.165, 1.54) is 17.2 Å². The highest BCUT2D eigenvalue weighted by Gasteiger charge is 2.21. The molecule has 132 valence electrons. The number of aryl methyl sites for hydroxylation is 2. The van der Waals surface area contributed by atoms with Crippen LogP contribution in [-0.2, 0) is 0 Å². The number of anilines is 2. The van der Waals surface area contributed by atoms with Gasteiger partial charge in [-0.3, -0.25) is 0 Å². The minimum absolute atomic E-state index is 0.251. The molecule has 4 nitrogen and oxygen atoms in total. The number of piperazine rings is 1. The molecule has 0 aliphatic carbocycles. The van der Waals surface area contributed by atoms with Crippen molar-refractivity contribution in [3.63, 3.8) is 0 Å². The Morgan fingerprint density at radius 1 is 0.920 bits per heavy atom. The Hall–Kier alpha value is -2.63. The number of amides is 2. The number of nitrogens with zero attached hydrogens (tertiary/aromatic N) is 2. The van der Waals surface area contributed by atoms with E-state index >= 15 is 0 Å². The molecule has 1 aliphatic heterocycles. The monoisotopic (exact) mass is 345 g/mol. The van der Waals surface area contributed by atoms with E-state index in [1.807, 2.05) is 0 Å². The van der Waals surface area contributed by atoms with Crippen molar-refractivity contribution in [1.29, 1.82) is 0 Å². The van der Waals surface area contributed by atoms with Gasteiger partial charge < -0.3 is 15.1 Å². The Balaban J connectivity index is 1.59. The molecule has 0 bridgehead atoms. The summed E-state index contributed by atoms with van der Waals surface area (Å²) >= 11 is 0. The summed E-state index contributed by atoms with van der Waals surface area (Å²) in [5.74, 6) is -1.91. The summed E-state index contributed by atoms with van der Waals surface area (Å²) < 4.78 is 26.2. The molecule has 0 saturated carbocycles. The van der Waals surface area contributed by atoms with Crippen molar-refractivity contribution in [2.75, 3.05) is 36.4 Å². The molecule has 0 aromatic heterocycles. The van der Waals surface area contributed by atoms with Gasteiger partial charge in [0.05, 0.1) is 0 Å². The van der Waals surface area contributed by atoms with Crippen molar-refractivity contribution < 1.29 is 13.6 Å². The fourth-order valence-electron chi connectivity index (χ4n) is 3.08. The third kappa shape index (κ3) is 4.07. The predicted molar refractivity (Wildman–Crippen MR) is 95.1 cm³/mol. The molecular weight excluding hydrogens is 324 g/mol. The van der Waals surface area contributed by atoms with E-state index in [0.29, 0.717) is 13.1 Å². The van der Waals surface area contributed by atoms with Crippen LogP contribution in [0.5, 0.6) is 0 Å². The molecule has 2 aromatic rings. The van der Waals surface area contributed by atoms with Crippen LogP contribution in [0.3, 0.4) is 0 Å². The standard InChI is InChI=1S/C19H21F2N3O/c1-13-9-14(2)11-16(10-13)23-5-7-24(8-6-23)19(25)22-15-3-4-17(20)18(21)12-15/h3-4,9-12H,5-8H2,1-2H3,(H,22,25). The highest BCUT2D eigenvalue weighted by Crippen LogP contribution is 2.21. The van der Waals surface area contributed by atoms with Gasteiger partial charge in [-0.05, 0) is 49.2 Å². The third-order valence-electron chi connectivity index (χ3n) is 4.31. The lowest BCUT2D eigenvalue weighted by Gasteiger charge is -2.36. The van der Waals surface area contributed by atoms with Gasteiger partial charge in [-0.25, -0.2) is 13.6 Å². The number of benzene rings is 2. The molecule has 2 aromatic carbocycles. The van der Waals surface area contributed by atoms with Crippen LogP contribution in [-0.4, -0.2) is 37.1 Å². The largest absolute Gasteiger partial charge is 0.368 e. The van der Waals surface area contributed by atoms with Crippen LogP contribution in [0.2, 0.25) is 0 Å². The summed E-state index contributed by atoms with van der Waals surface area (Å²) in [6, 6.07) is 9.46. The van der Waals surface area contributed by atoms with Crippen LogP contribution in [0.4, 0.5) is 25.0 Å². The Morgan fingerprint density at radius 3 is 2.16 bits per heavy atom. The number of halogens is 2. The highest BCUT2D eigenvalue weighted by molar-refractivity contribution is 5.89. The number of carbonyl (C=O) groups is 1.